The Kier molecular flexibility index (Phi) is 6.69. The maximum Gasteiger partial charge on any atom is 0.314 e. The van der Waals surface area contributed by atoms with Gasteiger partial charge in [0.2, 0.25) is 5.91 Å². The predicted molar refractivity (Wildman–Crippen MR) is 92.0 cm³/mol. The number of carbonyl (C=O) groups excluding carboxylic acids is 2. The summed E-state index contributed by atoms with van der Waals surface area (Å²) in [6, 6.07) is -0.392. The van der Waals surface area contributed by atoms with Crippen LogP contribution in [0.25, 0.3) is 0 Å². The van der Waals surface area contributed by atoms with Gasteiger partial charge in [0, 0.05) is 39.6 Å². The van der Waals surface area contributed by atoms with Gasteiger partial charge in [-0.2, -0.15) is 0 Å². The first-order valence-electron chi connectivity index (χ1n) is 9.44. The van der Waals surface area contributed by atoms with Gasteiger partial charge >= 0.3 is 6.03 Å². The van der Waals surface area contributed by atoms with E-state index in [1.807, 2.05) is 0 Å². The molecule has 3 N–H and O–H groups in total. The van der Waals surface area contributed by atoms with Gasteiger partial charge in [-0.3, -0.25) is 4.79 Å². The van der Waals surface area contributed by atoms with E-state index in [0.717, 1.165) is 4.90 Å². The number of hydrogen-bond donors (Lipinski definition) is 3. The summed E-state index contributed by atoms with van der Waals surface area (Å²) in [5.41, 5.74) is 0. The summed E-state index contributed by atoms with van der Waals surface area (Å²) in [4.78, 5) is 25.0. The normalized spacial score (nSPS) is 33.7. The standard InChI is InChI=1S/C17H27F2N3O6/c1-26-5-3-20-16(25)21-8-12-14(24)15-11(28-12)6-10(27-15)7-13(23)22-4-2-17(18,19)9-22/h10-12,14-15,24H,2-9H2,1H3,(H2,20,21,25). The molecule has 160 valence electrons. The predicted octanol–water partition coefficient (Wildman–Crippen LogP) is -0.524. The maximum absolute atomic E-state index is 13.2. The van der Waals surface area contributed by atoms with Crippen LogP contribution in [-0.2, 0) is 19.0 Å². The fourth-order valence-electron chi connectivity index (χ4n) is 3.80. The van der Waals surface area contributed by atoms with Crippen LogP contribution in [0.3, 0.4) is 0 Å². The summed E-state index contributed by atoms with van der Waals surface area (Å²) in [6.45, 7) is 0.366. The topological polar surface area (TPSA) is 109 Å². The zero-order valence-electron chi connectivity index (χ0n) is 15.7. The van der Waals surface area contributed by atoms with Crippen LogP contribution in [-0.4, -0.2) is 98.3 Å². The van der Waals surface area contributed by atoms with Crippen LogP contribution in [0, 0.1) is 0 Å². The molecular weight excluding hydrogens is 380 g/mol. The van der Waals surface area contributed by atoms with Crippen molar-refractivity contribution in [3.63, 3.8) is 0 Å². The van der Waals surface area contributed by atoms with Crippen LogP contribution in [0.2, 0.25) is 0 Å². The van der Waals surface area contributed by atoms with Crippen molar-refractivity contribution in [1.82, 2.24) is 15.5 Å². The van der Waals surface area contributed by atoms with E-state index in [9.17, 15) is 23.5 Å². The number of rotatable bonds is 7. The molecule has 3 rings (SSSR count). The third kappa shape index (κ3) is 5.07. The highest BCUT2D eigenvalue weighted by Crippen LogP contribution is 2.36. The number of nitrogens with zero attached hydrogens (tertiary/aromatic N) is 1. The van der Waals surface area contributed by atoms with Crippen LogP contribution in [0.15, 0.2) is 0 Å². The van der Waals surface area contributed by atoms with Crippen LogP contribution in [0.1, 0.15) is 19.3 Å². The Labute approximate surface area is 161 Å². The Morgan fingerprint density at radius 2 is 2.11 bits per heavy atom. The van der Waals surface area contributed by atoms with Crippen molar-refractivity contribution in [1.29, 1.82) is 0 Å². The molecule has 0 aromatic rings. The van der Waals surface area contributed by atoms with Gasteiger partial charge in [0.15, 0.2) is 0 Å². The molecule has 3 amide bonds. The minimum Gasteiger partial charge on any atom is -0.388 e. The lowest BCUT2D eigenvalue weighted by Crippen LogP contribution is -2.44. The molecule has 0 radical (unpaired) electrons. The number of urea groups is 1. The molecule has 3 fully saturated rings. The molecule has 5 atom stereocenters. The van der Waals surface area contributed by atoms with Gasteiger partial charge in [-0.25, -0.2) is 13.6 Å². The molecular formula is C17H27F2N3O6. The molecule has 5 unspecified atom stereocenters. The van der Waals surface area contributed by atoms with Crippen LogP contribution in [0.5, 0.6) is 0 Å². The molecule has 0 spiro atoms. The average molecular weight is 407 g/mol. The third-order valence-electron chi connectivity index (χ3n) is 5.26. The van der Waals surface area contributed by atoms with Gasteiger partial charge in [-0.15, -0.1) is 0 Å². The van der Waals surface area contributed by atoms with Gasteiger partial charge in [0.1, 0.15) is 18.3 Å². The fraction of sp³-hybridized carbons (Fsp3) is 0.882. The van der Waals surface area contributed by atoms with E-state index in [4.69, 9.17) is 14.2 Å². The number of fused-ring (bicyclic) bond motifs is 1. The van der Waals surface area contributed by atoms with Crippen molar-refractivity contribution in [3.05, 3.63) is 0 Å². The van der Waals surface area contributed by atoms with Crippen molar-refractivity contribution in [2.45, 2.75) is 55.7 Å². The van der Waals surface area contributed by atoms with E-state index in [2.05, 4.69) is 10.6 Å². The Morgan fingerprint density at radius 3 is 2.75 bits per heavy atom. The number of aliphatic hydroxyl groups excluding tert-OH is 1. The smallest absolute Gasteiger partial charge is 0.314 e. The minimum atomic E-state index is -2.82. The summed E-state index contributed by atoms with van der Waals surface area (Å²) in [5, 5.41) is 15.6. The number of nitrogens with one attached hydrogen (secondary N) is 2. The molecule has 0 bridgehead atoms. The maximum atomic E-state index is 13.2. The first-order chi connectivity index (χ1) is 13.3. The number of carbonyl (C=O) groups is 2. The molecule has 0 aromatic carbocycles. The second-order valence-electron chi connectivity index (χ2n) is 7.42. The lowest BCUT2D eigenvalue weighted by molar-refractivity contribution is -0.135. The Hall–Kier alpha value is -1.56. The third-order valence-corrected chi connectivity index (χ3v) is 5.26. The van der Waals surface area contributed by atoms with Gasteiger partial charge in [0.05, 0.1) is 31.8 Å². The van der Waals surface area contributed by atoms with E-state index >= 15 is 0 Å². The van der Waals surface area contributed by atoms with E-state index in [1.54, 1.807) is 0 Å². The monoisotopic (exact) mass is 407 g/mol. The van der Waals surface area contributed by atoms with Gasteiger partial charge in [-0.1, -0.05) is 0 Å². The van der Waals surface area contributed by atoms with Crippen molar-refractivity contribution >= 4 is 11.9 Å². The van der Waals surface area contributed by atoms with E-state index in [1.165, 1.54) is 7.11 Å². The average Bonchev–Trinajstić information content (AvgIpc) is 3.28. The molecule has 0 saturated carbocycles. The summed E-state index contributed by atoms with van der Waals surface area (Å²) in [7, 11) is 1.53. The lowest BCUT2D eigenvalue weighted by Gasteiger charge is -2.22. The summed E-state index contributed by atoms with van der Waals surface area (Å²) >= 11 is 0. The van der Waals surface area contributed by atoms with Crippen LogP contribution in [0.4, 0.5) is 13.6 Å². The molecule has 11 heteroatoms. The Bertz CT molecular complexity index is 581. The van der Waals surface area contributed by atoms with E-state index in [-0.39, 0.29) is 31.8 Å². The summed E-state index contributed by atoms with van der Waals surface area (Å²) in [5.74, 6) is -3.19. The number of alkyl halides is 2. The number of amides is 3. The number of hydrogen-bond acceptors (Lipinski definition) is 6. The quantitative estimate of drug-likeness (QED) is 0.490. The highest BCUT2D eigenvalue weighted by Gasteiger charge is 2.51. The van der Waals surface area contributed by atoms with Gasteiger partial charge in [0.25, 0.3) is 5.92 Å². The minimum absolute atomic E-state index is 0.00994. The van der Waals surface area contributed by atoms with Gasteiger partial charge < -0.3 is 34.9 Å². The van der Waals surface area contributed by atoms with Crippen LogP contribution >= 0.6 is 0 Å². The highest BCUT2D eigenvalue weighted by atomic mass is 19.3. The SMILES string of the molecule is COCCNC(=O)NCC1OC2CC(CC(=O)N3CCC(F)(F)C3)OC2C1O. The first kappa shape index (κ1) is 21.2. The molecule has 3 aliphatic rings. The first-order valence-corrected chi connectivity index (χ1v) is 9.44. The number of aliphatic hydroxyl groups is 1. The number of halogens is 2. The second-order valence-corrected chi connectivity index (χ2v) is 7.42. The van der Waals surface area contributed by atoms with Crippen molar-refractivity contribution in [2.75, 3.05) is 39.9 Å². The van der Waals surface area contributed by atoms with Crippen molar-refractivity contribution in [3.8, 4) is 0 Å². The number of methoxy groups -OCH3 is 1. The number of ether oxygens (including phenoxy) is 3. The largest absolute Gasteiger partial charge is 0.388 e. The molecule has 3 heterocycles. The highest BCUT2D eigenvalue weighted by molar-refractivity contribution is 5.77. The van der Waals surface area contributed by atoms with E-state index in [0.29, 0.717) is 19.6 Å². The zero-order chi connectivity index (χ0) is 20.3. The molecule has 3 saturated heterocycles. The molecule has 0 aliphatic carbocycles. The van der Waals surface area contributed by atoms with Crippen LogP contribution < -0.4 is 10.6 Å². The molecule has 28 heavy (non-hydrogen) atoms. The Morgan fingerprint density at radius 1 is 1.32 bits per heavy atom. The van der Waals surface area contributed by atoms with Gasteiger partial charge in [-0.05, 0) is 0 Å². The summed E-state index contributed by atoms with van der Waals surface area (Å²) < 4.78 is 42.8. The molecule has 3 aliphatic heterocycles. The Balaban J connectivity index is 1.39. The summed E-state index contributed by atoms with van der Waals surface area (Å²) in [6.07, 6.45) is -2.95. The lowest BCUT2D eigenvalue weighted by atomic mass is 10.1. The number of likely N-dealkylation sites (tertiary alicyclic amines) is 1. The van der Waals surface area contributed by atoms with E-state index < -0.39 is 49.0 Å². The van der Waals surface area contributed by atoms with Crippen molar-refractivity contribution in [2.24, 2.45) is 0 Å². The molecule has 0 aromatic heterocycles. The second kappa shape index (κ2) is 8.85. The molecule has 9 nitrogen and oxygen atoms in total. The van der Waals surface area contributed by atoms with Crippen molar-refractivity contribution < 1.29 is 37.7 Å². The fourth-order valence-corrected chi connectivity index (χ4v) is 3.80. The zero-order valence-corrected chi connectivity index (χ0v) is 15.7.